The lowest BCUT2D eigenvalue weighted by atomic mass is 9.97. The Kier molecular flexibility index (Phi) is 6.90. The molecule has 0 aliphatic carbocycles. The summed E-state index contributed by atoms with van der Waals surface area (Å²) >= 11 is 0. The Morgan fingerprint density at radius 2 is 1.73 bits per heavy atom. The Hall–Kier alpha value is -3.83. The molecule has 3 N–H and O–H groups in total. The highest BCUT2D eigenvalue weighted by Gasteiger charge is 2.38. The average molecular weight is 510 g/mol. The molecule has 194 valence electrons. The zero-order valence-electron chi connectivity index (χ0n) is 20.3. The second-order valence-corrected chi connectivity index (χ2v) is 9.63. The molecule has 0 bridgehead atoms. The molecule has 11 heteroatoms. The van der Waals surface area contributed by atoms with Crippen LogP contribution in [-0.4, -0.2) is 68.8 Å². The number of hydrogen-bond donors (Lipinski definition) is 3. The zero-order valence-corrected chi connectivity index (χ0v) is 20.3. The molecule has 2 aromatic heterocycles. The maximum atomic E-state index is 13.5. The number of nitrogens with one attached hydrogen (secondary N) is 2. The van der Waals surface area contributed by atoms with E-state index in [0.29, 0.717) is 37.4 Å². The average Bonchev–Trinajstić information content (AvgIpc) is 3.35. The number of halogens is 1. The number of carboxylic acids is 1. The van der Waals surface area contributed by atoms with Gasteiger partial charge in [0.1, 0.15) is 5.82 Å². The molecule has 1 aromatic carbocycles. The lowest BCUT2D eigenvalue weighted by Crippen LogP contribution is -2.59. The van der Waals surface area contributed by atoms with E-state index in [2.05, 4.69) is 15.3 Å². The van der Waals surface area contributed by atoms with Gasteiger partial charge in [0, 0.05) is 36.6 Å². The molecule has 10 nitrogen and oxygen atoms in total. The van der Waals surface area contributed by atoms with Crippen LogP contribution in [0.5, 0.6) is 0 Å². The van der Waals surface area contributed by atoms with E-state index in [9.17, 15) is 14.0 Å². The van der Waals surface area contributed by atoms with Crippen LogP contribution in [0.2, 0.25) is 0 Å². The topological polar surface area (TPSA) is 130 Å². The number of imidazole rings is 1. The molecule has 2 saturated heterocycles. The zero-order chi connectivity index (χ0) is 26.0. The van der Waals surface area contributed by atoms with Crippen molar-refractivity contribution in [1.29, 1.82) is 0 Å². The van der Waals surface area contributed by atoms with Gasteiger partial charge in [0.25, 0.3) is 0 Å². The van der Waals surface area contributed by atoms with Gasteiger partial charge < -0.3 is 29.8 Å². The molecule has 3 aromatic rings. The monoisotopic (exact) mass is 509 g/mol. The fraction of sp³-hybridized carbons (Fsp3) is 0.385. The SMILES string of the molecule is CC1(NC(=O)N2CCC(C(=O)O)CC2)COC(c2nc(-c3ccc(F)cc3)c(-c3ccncc3)[nH]2)OC1. The number of amides is 2. The largest absolute Gasteiger partial charge is 0.481 e. The van der Waals surface area contributed by atoms with Crippen molar-refractivity contribution in [2.75, 3.05) is 26.3 Å². The Morgan fingerprint density at radius 1 is 1.08 bits per heavy atom. The fourth-order valence-corrected chi connectivity index (χ4v) is 4.55. The molecule has 2 aliphatic heterocycles. The summed E-state index contributed by atoms with van der Waals surface area (Å²) in [4.78, 5) is 37.7. The molecule has 37 heavy (non-hydrogen) atoms. The summed E-state index contributed by atoms with van der Waals surface area (Å²) in [6, 6.07) is 9.51. The number of ether oxygens (including phenoxy) is 2. The number of likely N-dealkylation sites (tertiary alicyclic amines) is 1. The highest BCUT2D eigenvalue weighted by atomic mass is 19.1. The summed E-state index contributed by atoms with van der Waals surface area (Å²) in [5, 5.41) is 12.1. The number of carbonyl (C=O) groups excluding carboxylic acids is 1. The molecular weight excluding hydrogens is 481 g/mol. The molecule has 2 aliphatic rings. The second-order valence-electron chi connectivity index (χ2n) is 9.63. The number of rotatable bonds is 5. The van der Waals surface area contributed by atoms with Gasteiger partial charge in [-0.1, -0.05) is 0 Å². The highest BCUT2D eigenvalue weighted by molar-refractivity contribution is 5.78. The molecule has 5 rings (SSSR count). The molecule has 0 atom stereocenters. The van der Waals surface area contributed by atoms with Gasteiger partial charge in [-0.2, -0.15) is 0 Å². The molecule has 0 spiro atoms. The number of piperidine rings is 1. The van der Waals surface area contributed by atoms with Crippen LogP contribution in [0.3, 0.4) is 0 Å². The third-order valence-electron chi connectivity index (χ3n) is 6.68. The van der Waals surface area contributed by atoms with E-state index in [1.165, 1.54) is 12.1 Å². The standard InChI is InChI=1S/C26H28FN5O5/c1-26(31-25(35)32-12-8-18(9-13-32)23(33)34)14-36-24(37-15-26)22-29-20(16-2-4-19(27)5-3-16)21(30-22)17-6-10-28-11-7-17/h2-7,10-11,18,24H,8-9,12-15H2,1H3,(H,29,30)(H,31,35)(H,33,34). The number of aromatic nitrogens is 3. The summed E-state index contributed by atoms with van der Waals surface area (Å²) < 4.78 is 25.5. The summed E-state index contributed by atoms with van der Waals surface area (Å²) in [7, 11) is 0. The first kappa shape index (κ1) is 24.8. The maximum Gasteiger partial charge on any atom is 0.317 e. The minimum Gasteiger partial charge on any atom is -0.481 e. The number of aromatic amines is 1. The smallest absolute Gasteiger partial charge is 0.317 e. The summed E-state index contributed by atoms with van der Waals surface area (Å²) in [6.45, 7) is 2.98. The molecule has 0 unspecified atom stereocenters. The van der Waals surface area contributed by atoms with Crippen molar-refractivity contribution in [1.82, 2.24) is 25.2 Å². The van der Waals surface area contributed by atoms with Crippen LogP contribution < -0.4 is 5.32 Å². The van der Waals surface area contributed by atoms with Crippen molar-refractivity contribution < 1.29 is 28.6 Å². The number of carboxylic acid groups (broad SMARTS) is 1. The van der Waals surface area contributed by atoms with E-state index in [1.807, 2.05) is 19.1 Å². The van der Waals surface area contributed by atoms with Crippen LogP contribution in [-0.2, 0) is 14.3 Å². The molecule has 0 saturated carbocycles. The Morgan fingerprint density at radius 3 is 2.35 bits per heavy atom. The predicted octanol–water partition coefficient (Wildman–Crippen LogP) is 3.59. The van der Waals surface area contributed by atoms with Gasteiger partial charge in [0.15, 0.2) is 5.82 Å². The van der Waals surface area contributed by atoms with E-state index in [1.54, 1.807) is 29.4 Å². The van der Waals surface area contributed by atoms with E-state index in [-0.39, 0.29) is 25.1 Å². The first-order chi connectivity index (χ1) is 17.8. The first-order valence-electron chi connectivity index (χ1n) is 12.1. The number of aliphatic carboxylic acids is 1. The van der Waals surface area contributed by atoms with Gasteiger partial charge in [-0.15, -0.1) is 0 Å². The predicted molar refractivity (Wildman–Crippen MR) is 131 cm³/mol. The van der Waals surface area contributed by atoms with Crippen molar-refractivity contribution >= 4 is 12.0 Å². The summed E-state index contributed by atoms with van der Waals surface area (Å²) in [5.41, 5.74) is 2.17. The third kappa shape index (κ3) is 5.47. The number of pyridine rings is 1. The number of H-pyrrole nitrogens is 1. The Balaban J connectivity index is 1.27. The molecule has 4 heterocycles. The number of benzene rings is 1. The van der Waals surface area contributed by atoms with Gasteiger partial charge >= 0.3 is 12.0 Å². The van der Waals surface area contributed by atoms with Gasteiger partial charge in [-0.3, -0.25) is 9.78 Å². The van der Waals surface area contributed by atoms with Crippen molar-refractivity contribution in [2.24, 2.45) is 5.92 Å². The van der Waals surface area contributed by atoms with E-state index in [0.717, 1.165) is 16.8 Å². The normalized spacial score (nSPS) is 22.5. The van der Waals surface area contributed by atoms with Crippen molar-refractivity contribution in [3.63, 3.8) is 0 Å². The van der Waals surface area contributed by atoms with Crippen LogP contribution in [0, 0.1) is 11.7 Å². The van der Waals surface area contributed by atoms with Gasteiger partial charge in [0.2, 0.25) is 6.29 Å². The number of urea groups is 1. The maximum absolute atomic E-state index is 13.5. The minimum atomic E-state index is -0.820. The van der Waals surface area contributed by atoms with Gasteiger partial charge in [-0.05, 0) is 56.2 Å². The number of carbonyl (C=O) groups is 2. The molecule has 2 fully saturated rings. The molecular formula is C26H28FN5O5. The first-order valence-corrected chi connectivity index (χ1v) is 12.1. The number of hydrogen-bond acceptors (Lipinski definition) is 6. The van der Waals surface area contributed by atoms with Crippen LogP contribution in [0.15, 0.2) is 48.8 Å². The third-order valence-corrected chi connectivity index (χ3v) is 6.68. The quantitative estimate of drug-likeness (QED) is 0.479. The fourth-order valence-electron chi connectivity index (χ4n) is 4.55. The minimum absolute atomic E-state index is 0.187. The molecule has 2 amide bonds. The van der Waals surface area contributed by atoms with Gasteiger partial charge in [-0.25, -0.2) is 14.2 Å². The van der Waals surface area contributed by atoms with Crippen LogP contribution >= 0.6 is 0 Å². The van der Waals surface area contributed by atoms with Crippen molar-refractivity contribution in [3.05, 3.63) is 60.4 Å². The Labute approximate surface area is 212 Å². The number of nitrogens with zero attached hydrogens (tertiary/aromatic N) is 3. The van der Waals surface area contributed by atoms with E-state index >= 15 is 0 Å². The Bertz CT molecular complexity index is 1250. The van der Waals surface area contributed by atoms with Crippen LogP contribution in [0.4, 0.5) is 9.18 Å². The van der Waals surface area contributed by atoms with Crippen molar-refractivity contribution in [3.8, 4) is 22.5 Å². The van der Waals surface area contributed by atoms with Gasteiger partial charge in [0.05, 0.1) is 36.1 Å². The van der Waals surface area contributed by atoms with Crippen molar-refractivity contribution in [2.45, 2.75) is 31.6 Å². The summed E-state index contributed by atoms with van der Waals surface area (Å²) in [6.07, 6.45) is 3.44. The van der Waals surface area contributed by atoms with E-state index < -0.39 is 23.7 Å². The lowest BCUT2D eigenvalue weighted by molar-refractivity contribution is -0.215. The summed E-state index contributed by atoms with van der Waals surface area (Å²) in [5.74, 6) is -1.11. The second kappa shape index (κ2) is 10.3. The van der Waals surface area contributed by atoms with E-state index in [4.69, 9.17) is 19.6 Å². The van der Waals surface area contributed by atoms with Crippen LogP contribution in [0.25, 0.3) is 22.5 Å². The lowest BCUT2D eigenvalue weighted by Gasteiger charge is -2.39. The van der Waals surface area contributed by atoms with Crippen LogP contribution in [0.1, 0.15) is 31.9 Å². The molecule has 0 radical (unpaired) electrons. The highest BCUT2D eigenvalue weighted by Crippen LogP contribution is 2.34.